The zero-order chi connectivity index (χ0) is 20.3. The van der Waals surface area contributed by atoms with Crippen molar-refractivity contribution >= 4 is 17.5 Å². The molecular weight excluding hydrogens is 371 g/mol. The van der Waals surface area contributed by atoms with Crippen LogP contribution in [0, 0.1) is 5.82 Å². The summed E-state index contributed by atoms with van der Waals surface area (Å²) in [6.07, 6.45) is 2.44. The Morgan fingerprint density at radius 3 is 2.41 bits per heavy atom. The molecule has 0 bridgehead atoms. The van der Waals surface area contributed by atoms with E-state index in [0.717, 1.165) is 11.3 Å². The second kappa shape index (κ2) is 8.33. The zero-order valence-electron chi connectivity index (χ0n) is 16.4. The summed E-state index contributed by atoms with van der Waals surface area (Å²) in [5, 5.41) is 0. The van der Waals surface area contributed by atoms with E-state index in [1.807, 2.05) is 35.2 Å². The van der Waals surface area contributed by atoms with Crippen LogP contribution in [0.3, 0.4) is 0 Å². The molecule has 2 amide bonds. The molecule has 0 aliphatic carbocycles. The Bertz CT molecular complexity index is 861. The van der Waals surface area contributed by atoms with Crippen molar-refractivity contribution in [2.24, 2.45) is 0 Å². The lowest BCUT2D eigenvalue weighted by Gasteiger charge is -2.47. The fourth-order valence-corrected chi connectivity index (χ4v) is 4.08. The highest BCUT2D eigenvalue weighted by molar-refractivity contribution is 5.95. The number of aryl methyl sites for hydroxylation is 1. The molecule has 0 N–H and O–H groups in total. The number of piperidine rings is 1. The Hall–Kier alpha value is -2.73. The van der Waals surface area contributed by atoms with Gasteiger partial charge in [0.05, 0.1) is 12.1 Å². The third kappa shape index (κ3) is 4.48. The predicted molar refractivity (Wildman–Crippen MR) is 108 cm³/mol. The molecule has 2 heterocycles. The normalized spacial score (nSPS) is 18.9. The number of morpholine rings is 1. The van der Waals surface area contributed by atoms with Crippen LogP contribution in [0.25, 0.3) is 0 Å². The van der Waals surface area contributed by atoms with E-state index in [1.165, 1.54) is 12.1 Å². The summed E-state index contributed by atoms with van der Waals surface area (Å²) in [4.78, 5) is 28.6. The number of para-hydroxylation sites is 1. The van der Waals surface area contributed by atoms with E-state index in [2.05, 4.69) is 0 Å². The van der Waals surface area contributed by atoms with Crippen molar-refractivity contribution in [2.75, 3.05) is 31.1 Å². The molecule has 2 aromatic carbocycles. The number of hydrogen-bond acceptors (Lipinski definition) is 3. The van der Waals surface area contributed by atoms with E-state index in [1.54, 1.807) is 17.0 Å². The van der Waals surface area contributed by atoms with Crippen LogP contribution in [0.5, 0.6) is 0 Å². The second-order valence-electron chi connectivity index (χ2n) is 7.79. The lowest BCUT2D eigenvalue weighted by Crippen LogP contribution is -2.59. The molecule has 0 saturated carbocycles. The van der Waals surface area contributed by atoms with Gasteiger partial charge in [0.2, 0.25) is 5.91 Å². The molecule has 29 heavy (non-hydrogen) atoms. The van der Waals surface area contributed by atoms with Crippen LogP contribution in [-0.4, -0.2) is 48.6 Å². The van der Waals surface area contributed by atoms with Crippen molar-refractivity contribution in [1.82, 2.24) is 4.90 Å². The molecule has 152 valence electrons. The minimum Gasteiger partial charge on any atom is -0.363 e. The van der Waals surface area contributed by atoms with E-state index < -0.39 is 5.60 Å². The number of anilines is 1. The van der Waals surface area contributed by atoms with Crippen molar-refractivity contribution in [3.8, 4) is 0 Å². The average molecular weight is 396 g/mol. The van der Waals surface area contributed by atoms with Gasteiger partial charge in [0.15, 0.2) is 0 Å². The minimum atomic E-state index is -0.391. The Balaban J connectivity index is 1.33. The molecule has 2 aliphatic heterocycles. The molecule has 4 rings (SSSR count). The number of carbonyl (C=O) groups excluding carboxylic acids is 2. The van der Waals surface area contributed by atoms with Crippen LogP contribution < -0.4 is 4.90 Å². The number of benzene rings is 2. The van der Waals surface area contributed by atoms with Gasteiger partial charge < -0.3 is 14.5 Å². The highest BCUT2D eigenvalue weighted by atomic mass is 19.1. The van der Waals surface area contributed by atoms with E-state index >= 15 is 0 Å². The molecule has 0 atom stereocenters. The molecule has 0 unspecified atom stereocenters. The first-order chi connectivity index (χ1) is 14.0. The SMILES string of the molecule is O=C(CCc1ccc(F)cc1)N1CCC2(CC1)CN(c1ccccc1)C(=O)CO2. The summed E-state index contributed by atoms with van der Waals surface area (Å²) in [5.74, 6) is -0.187. The number of halogens is 1. The number of amides is 2. The lowest BCUT2D eigenvalue weighted by molar-refractivity contribution is -0.150. The molecular formula is C23H25FN2O3. The van der Waals surface area contributed by atoms with E-state index in [9.17, 15) is 14.0 Å². The average Bonchev–Trinajstić information content (AvgIpc) is 2.76. The van der Waals surface area contributed by atoms with Crippen molar-refractivity contribution in [3.05, 3.63) is 66.0 Å². The maximum Gasteiger partial charge on any atom is 0.253 e. The van der Waals surface area contributed by atoms with Crippen LogP contribution in [0.2, 0.25) is 0 Å². The molecule has 0 aromatic heterocycles. The van der Waals surface area contributed by atoms with Crippen LogP contribution in [0.4, 0.5) is 10.1 Å². The van der Waals surface area contributed by atoms with Gasteiger partial charge in [-0.2, -0.15) is 0 Å². The summed E-state index contributed by atoms with van der Waals surface area (Å²) < 4.78 is 19.0. The van der Waals surface area contributed by atoms with Gasteiger partial charge in [-0.15, -0.1) is 0 Å². The highest BCUT2D eigenvalue weighted by Gasteiger charge is 2.43. The van der Waals surface area contributed by atoms with Gasteiger partial charge in [0.1, 0.15) is 12.4 Å². The van der Waals surface area contributed by atoms with Gasteiger partial charge in [0.25, 0.3) is 5.91 Å². The van der Waals surface area contributed by atoms with Gasteiger partial charge in [-0.1, -0.05) is 30.3 Å². The van der Waals surface area contributed by atoms with Gasteiger partial charge in [-0.05, 0) is 49.1 Å². The van der Waals surface area contributed by atoms with Crippen LogP contribution in [-0.2, 0) is 20.7 Å². The third-order valence-electron chi connectivity index (χ3n) is 5.89. The molecule has 1 spiro atoms. The summed E-state index contributed by atoms with van der Waals surface area (Å²) in [7, 11) is 0. The quantitative estimate of drug-likeness (QED) is 0.798. The Labute approximate surface area is 170 Å². The Kier molecular flexibility index (Phi) is 5.62. The van der Waals surface area contributed by atoms with Gasteiger partial charge in [-0.25, -0.2) is 4.39 Å². The second-order valence-corrected chi connectivity index (χ2v) is 7.79. The molecule has 2 aliphatic rings. The molecule has 2 saturated heterocycles. The first kappa shape index (κ1) is 19.6. The monoisotopic (exact) mass is 396 g/mol. The number of nitrogens with zero attached hydrogens (tertiary/aromatic N) is 2. The summed E-state index contributed by atoms with van der Waals surface area (Å²) in [6.45, 7) is 1.85. The fraction of sp³-hybridized carbons (Fsp3) is 0.391. The van der Waals surface area contributed by atoms with E-state index in [4.69, 9.17) is 4.74 Å². The number of carbonyl (C=O) groups is 2. The smallest absolute Gasteiger partial charge is 0.253 e. The first-order valence-corrected chi connectivity index (χ1v) is 10.1. The summed E-state index contributed by atoms with van der Waals surface area (Å²) >= 11 is 0. The first-order valence-electron chi connectivity index (χ1n) is 10.1. The van der Waals surface area contributed by atoms with Crippen LogP contribution >= 0.6 is 0 Å². The van der Waals surface area contributed by atoms with E-state index in [0.29, 0.717) is 45.3 Å². The number of likely N-dealkylation sites (tertiary alicyclic amines) is 1. The van der Waals surface area contributed by atoms with E-state index in [-0.39, 0.29) is 24.2 Å². The van der Waals surface area contributed by atoms with Gasteiger partial charge in [0, 0.05) is 25.2 Å². The molecule has 5 nitrogen and oxygen atoms in total. The summed E-state index contributed by atoms with van der Waals surface area (Å²) in [5.41, 5.74) is 1.45. The Morgan fingerprint density at radius 1 is 1.03 bits per heavy atom. The number of hydrogen-bond donors (Lipinski definition) is 0. The van der Waals surface area contributed by atoms with Gasteiger partial charge in [-0.3, -0.25) is 9.59 Å². The van der Waals surface area contributed by atoms with Crippen LogP contribution in [0.1, 0.15) is 24.8 Å². The fourth-order valence-electron chi connectivity index (χ4n) is 4.08. The standard InChI is InChI=1S/C23H25FN2O3/c24-19-9-6-18(7-10-19)8-11-21(27)25-14-12-23(13-15-25)17-26(22(28)16-29-23)20-4-2-1-3-5-20/h1-7,9-10H,8,11-17H2. The largest absolute Gasteiger partial charge is 0.363 e. The topological polar surface area (TPSA) is 49.9 Å². The maximum atomic E-state index is 13.0. The number of rotatable bonds is 4. The Morgan fingerprint density at radius 2 is 1.72 bits per heavy atom. The molecule has 2 aromatic rings. The minimum absolute atomic E-state index is 0.0281. The zero-order valence-corrected chi connectivity index (χ0v) is 16.4. The molecule has 0 radical (unpaired) electrons. The lowest BCUT2D eigenvalue weighted by atomic mass is 9.88. The molecule has 2 fully saturated rings. The third-order valence-corrected chi connectivity index (χ3v) is 5.89. The highest BCUT2D eigenvalue weighted by Crippen LogP contribution is 2.33. The maximum absolute atomic E-state index is 13.0. The van der Waals surface area contributed by atoms with Crippen molar-refractivity contribution in [1.29, 1.82) is 0 Å². The van der Waals surface area contributed by atoms with Crippen molar-refractivity contribution < 1.29 is 18.7 Å². The number of ether oxygens (including phenoxy) is 1. The van der Waals surface area contributed by atoms with Crippen molar-refractivity contribution in [2.45, 2.75) is 31.3 Å². The van der Waals surface area contributed by atoms with Crippen molar-refractivity contribution in [3.63, 3.8) is 0 Å². The molecule has 6 heteroatoms. The predicted octanol–water partition coefficient (Wildman–Crippen LogP) is 3.18. The van der Waals surface area contributed by atoms with Crippen LogP contribution in [0.15, 0.2) is 54.6 Å². The summed E-state index contributed by atoms with van der Waals surface area (Å²) in [6, 6.07) is 15.9. The van der Waals surface area contributed by atoms with Gasteiger partial charge >= 0.3 is 0 Å².